The monoisotopic (exact) mass is 274 g/mol. The topological polar surface area (TPSA) is 52.9 Å². The third-order valence-electron chi connectivity index (χ3n) is 3.28. The van der Waals surface area contributed by atoms with E-state index in [2.05, 4.69) is 11.4 Å². The lowest BCUT2D eigenvalue weighted by Crippen LogP contribution is -2.33. The molecular formula is C15H18N2OS. The summed E-state index contributed by atoms with van der Waals surface area (Å²) in [6.45, 7) is 0. The smallest absolute Gasteiger partial charge is 0.230 e. The van der Waals surface area contributed by atoms with E-state index in [1.807, 2.05) is 18.2 Å². The van der Waals surface area contributed by atoms with Gasteiger partial charge in [0.15, 0.2) is 0 Å². The maximum absolute atomic E-state index is 11.7. The van der Waals surface area contributed by atoms with Crippen LogP contribution in [0.1, 0.15) is 36.8 Å². The fourth-order valence-corrected chi connectivity index (χ4v) is 3.12. The van der Waals surface area contributed by atoms with Crippen LogP contribution in [0.25, 0.3) is 0 Å². The van der Waals surface area contributed by atoms with Crippen molar-refractivity contribution < 1.29 is 4.79 Å². The van der Waals surface area contributed by atoms with Crippen LogP contribution in [-0.2, 0) is 10.5 Å². The zero-order valence-electron chi connectivity index (χ0n) is 10.9. The van der Waals surface area contributed by atoms with Crippen LogP contribution in [-0.4, -0.2) is 17.7 Å². The molecule has 100 valence electrons. The summed E-state index contributed by atoms with van der Waals surface area (Å²) in [6.07, 6.45) is 4.72. The number of nitriles is 1. The molecule has 1 saturated carbocycles. The highest BCUT2D eigenvalue weighted by Crippen LogP contribution is 2.18. The first kappa shape index (κ1) is 14.0. The van der Waals surface area contributed by atoms with Crippen LogP contribution in [0.15, 0.2) is 24.3 Å². The van der Waals surface area contributed by atoms with Gasteiger partial charge in [-0.05, 0) is 30.5 Å². The molecule has 3 nitrogen and oxygen atoms in total. The van der Waals surface area contributed by atoms with Crippen LogP contribution < -0.4 is 5.32 Å². The predicted molar refractivity (Wildman–Crippen MR) is 77.7 cm³/mol. The quantitative estimate of drug-likeness (QED) is 0.898. The van der Waals surface area contributed by atoms with Crippen LogP contribution in [0.4, 0.5) is 0 Å². The van der Waals surface area contributed by atoms with Gasteiger partial charge >= 0.3 is 0 Å². The summed E-state index contributed by atoms with van der Waals surface area (Å²) < 4.78 is 0. The minimum absolute atomic E-state index is 0.133. The van der Waals surface area contributed by atoms with Crippen LogP contribution in [0.2, 0.25) is 0 Å². The molecule has 1 N–H and O–H groups in total. The van der Waals surface area contributed by atoms with Crippen molar-refractivity contribution in [1.82, 2.24) is 5.32 Å². The van der Waals surface area contributed by atoms with E-state index >= 15 is 0 Å². The van der Waals surface area contributed by atoms with Crippen LogP contribution in [0, 0.1) is 11.3 Å². The number of hydrogen-bond donors (Lipinski definition) is 1. The molecule has 4 heteroatoms. The molecule has 0 atom stereocenters. The molecule has 0 radical (unpaired) electrons. The minimum atomic E-state index is 0.133. The van der Waals surface area contributed by atoms with Crippen LogP contribution in [0.3, 0.4) is 0 Å². The summed E-state index contributed by atoms with van der Waals surface area (Å²) in [4.78, 5) is 11.7. The first-order valence-corrected chi connectivity index (χ1v) is 7.79. The first-order chi connectivity index (χ1) is 9.28. The molecule has 0 bridgehead atoms. The Bertz CT molecular complexity index is 475. The van der Waals surface area contributed by atoms with E-state index in [9.17, 15) is 4.79 Å². The number of thioether (sulfide) groups is 1. The highest BCUT2D eigenvalue weighted by Gasteiger charge is 2.16. The summed E-state index contributed by atoms with van der Waals surface area (Å²) in [5.74, 6) is 1.40. The Labute approximate surface area is 118 Å². The lowest BCUT2D eigenvalue weighted by Gasteiger charge is -2.11. The third kappa shape index (κ3) is 4.60. The Balaban J connectivity index is 1.70. The first-order valence-electron chi connectivity index (χ1n) is 6.64. The Hall–Kier alpha value is -1.47. The van der Waals surface area contributed by atoms with Crippen molar-refractivity contribution in [2.24, 2.45) is 0 Å². The largest absolute Gasteiger partial charge is 0.353 e. The van der Waals surface area contributed by atoms with Crippen molar-refractivity contribution in [3.8, 4) is 6.07 Å². The molecule has 1 aromatic rings. The molecule has 0 spiro atoms. The molecule has 1 aromatic carbocycles. The molecule has 1 aliphatic carbocycles. The Morgan fingerprint density at radius 3 is 2.95 bits per heavy atom. The summed E-state index contributed by atoms with van der Waals surface area (Å²) in [5.41, 5.74) is 1.77. The van der Waals surface area contributed by atoms with Gasteiger partial charge in [-0.2, -0.15) is 5.26 Å². The van der Waals surface area contributed by atoms with E-state index in [0.29, 0.717) is 17.4 Å². The molecule has 2 rings (SSSR count). The van der Waals surface area contributed by atoms with E-state index in [1.165, 1.54) is 12.8 Å². The second-order valence-electron chi connectivity index (χ2n) is 4.85. The van der Waals surface area contributed by atoms with Crippen molar-refractivity contribution in [2.45, 2.75) is 37.5 Å². The number of hydrogen-bond acceptors (Lipinski definition) is 3. The molecule has 0 heterocycles. The van der Waals surface area contributed by atoms with Gasteiger partial charge in [0.1, 0.15) is 0 Å². The van der Waals surface area contributed by atoms with Gasteiger partial charge in [-0.15, -0.1) is 11.8 Å². The maximum atomic E-state index is 11.7. The van der Waals surface area contributed by atoms with E-state index < -0.39 is 0 Å². The normalized spacial score (nSPS) is 15.1. The fraction of sp³-hybridized carbons (Fsp3) is 0.467. The molecule has 19 heavy (non-hydrogen) atoms. The van der Waals surface area contributed by atoms with Gasteiger partial charge < -0.3 is 5.32 Å². The SMILES string of the molecule is N#Cc1cccc(CSCC(=O)NC2CCCC2)c1. The highest BCUT2D eigenvalue weighted by molar-refractivity contribution is 7.99. The summed E-state index contributed by atoms with van der Waals surface area (Å²) in [5, 5.41) is 11.9. The molecule has 1 fully saturated rings. The second kappa shape index (κ2) is 7.20. The lowest BCUT2D eigenvalue weighted by molar-refractivity contribution is -0.119. The van der Waals surface area contributed by atoms with Crippen molar-refractivity contribution >= 4 is 17.7 Å². The number of carbonyl (C=O) groups is 1. The Kier molecular flexibility index (Phi) is 5.29. The van der Waals surface area contributed by atoms with Gasteiger partial charge in [-0.25, -0.2) is 0 Å². The third-order valence-corrected chi connectivity index (χ3v) is 4.28. The maximum Gasteiger partial charge on any atom is 0.230 e. The van der Waals surface area contributed by atoms with Crippen LogP contribution >= 0.6 is 11.8 Å². The number of nitrogens with one attached hydrogen (secondary N) is 1. The van der Waals surface area contributed by atoms with Gasteiger partial charge in [0, 0.05) is 11.8 Å². The molecule has 0 aliphatic heterocycles. The van der Waals surface area contributed by atoms with Crippen LogP contribution in [0.5, 0.6) is 0 Å². The van der Waals surface area contributed by atoms with Gasteiger partial charge in [0.05, 0.1) is 17.4 Å². The number of amides is 1. The summed E-state index contributed by atoms with van der Waals surface area (Å²) >= 11 is 1.60. The molecule has 0 unspecified atom stereocenters. The fourth-order valence-electron chi connectivity index (χ4n) is 2.33. The summed E-state index contributed by atoms with van der Waals surface area (Å²) in [6, 6.07) is 10.1. The van der Waals surface area contributed by atoms with Crippen molar-refractivity contribution in [3.63, 3.8) is 0 Å². The lowest BCUT2D eigenvalue weighted by atomic mass is 10.2. The number of nitrogens with zero attached hydrogens (tertiary/aromatic N) is 1. The van der Waals surface area contributed by atoms with E-state index in [0.717, 1.165) is 24.2 Å². The van der Waals surface area contributed by atoms with E-state index in [4.69, 9.17) is 5.26 Å². The molecular weight excluding hydrogens is 256 g/mol. The van der Waals surface area contributed by atoms with Crippen molar-refractivity contribution in [2.75, 3.05) is 5.75 Å². The summed E-state index contributed by atoms with van der Waals surface area (Å²) in [7, 11) is 0. The van der Waals surface area contributed by atoms with Crippen molar-refractivity contribution in [1.29, 1.82) is 5.26 Å². The average Bonchev–Trinajstić information content (AvgIpc) is 2.92. The minimum Gasteiger partial charge on any atom is -0.353 e. The van der Waals surface area contributed by atoms with Crippen molar-refractivity contribution in [3.05, 3.63) is 35.4 Å². The predicted octanol–water partition coefficient (Wildman–Crippen LogP) is 2.85. The average molecular weight is 274 g/mol. The van der Waals surface area contributed by atoms with Gasteiger partial charge in [-0.1, -0.05) is 25.0 Å². The van der Waals surface area contributed by atoms with E-state index in [1.54, 1.807) is 17.8 Å². The highest BCUT2D eigenvalue weighted by atomic mass is 32.2. The standard InChI is InChI=1S/C15H18N2OS/c16-9-12-4-3-5-13(8-12)10-19-11-15(18)17-14-6-1-2-7-14/h3-5,8,14H,1-2,6-7,10-11H2,(H,17,18). The Morgan fingerprint density at radius 2 is 2.21 bits per heavy atom. The number of benzene rings is 1. The van der Waals surface area contributed by atoms with Gasteiger partial charge in [-0.3, -0.25) is 4.79 Å². The molecule has 0 saturated heterocycles. The zero-order chi connectivity index (χ0) is 13.5. The van der Waals surface area contributed by atoms with Gasteiger partial charge in [0.25, 0.3) is 0 Å². The van der Waals surface area contributed by atoms with Gasteiger partial charge in [0.2, 0.25) is 5.91 Å². The molecule has 0 aromatic heterocycles. The number of rotatable bonds is 5. The second-order valence-corrected chi connectivity index (χ2v) is 5.84. The zero-order valence-corrected chi connectivity index (χ0v) is 11.7. The molecule has 1 amide bonds. The molecule has 1 aliphatic rings. The number of carbonyl (C=O) groups excluding carboxylic acids is 1. The Morgan fingerprint density at radius 1 is 1.42 bits per heavy atom. The van der Waals surface area contributed by atoms with E-state index in [-0.39, 0.29) is 5.91 Å².